The normalized spacial score (nSPS) is 23.1. The molecule has 5 nitrogen and oxygen atoms in total. The number of carboxylic acids is 1. The van der Waals surface area contributed by atoms with Gasteiger partial charge in [-0.1, -0.05) is 17.7 Å². The van der Waals surface area contributed by atoms with Crippen LogP contribution < -0.4 is 5.32 Å². The summed E-state index contributed by atoms with van der Waals surface area (Å²) in [6.45, 7) is 0.513. The Kier molecular flexibility index (Phi) is 2.95. The minimum atomic E-state index is -0.740. The fourth-order valence-electron chi connectivity index (χ4n) is 2.64. The molecule has 3 rings (SSSR count). The molecule has 2 N–H and O–H groups in total. The summed E-state index contributed by atoms with van der Waals surface area (Å²) < 4.78 is 1.74. The lowest BCUT2D eigenvalue weighted by Gasteiger charge is -2.10. The molecule has 1 aliphatic heterocycles. The van der Waals surface area contributed by atoms with Crippen LogP contribution in [0.25, 0.3) is 10.9 Å². The number of hydrogen-bond donors (Lipinski definition) is 2. The number of aromatic nitrogens is 2. The van der Waals surface area contributed by atoms with Crippen LogP contribution in [0, 0.1) is 5.92 Å². The number of carboxylic acid groups (broad SMARTS) is 1. The van der Waals surface area contributed by atoms with Gasteiger partial charge in [-0.2, -0.15) is 5.10 Å². The molecule has 1 aromatic carbocycles. The highest BCUT2D eigenvalue weighted by atomic mass is 35.5. The van der Waals surface area contributed by atoms with Gasteiger partial charge < -0.3 is 10.4 Å². The average molecular weight is 280 g/mol. The molecule has 6 heteroatoms. The number of carbonyl (C=O) groups is 1. The molecular formula is C13H14ClN3O2. The third kappa shape index (κ3) is 2.09. The molecular weight excluding hydrogens is 266 g/mol. The summed E-state index contributed by atoms with van der Waals surface area (Å²) in [4.78, 5) is 11.0. The number of fused-ring (bicyclic) bond motifs is 1. The fraction of sp³-hybridized carbons (Fsp3) is 0.385. The summed E-state index contributed by atoms with van der Waals surface area (Å²) in [5, 5.41) is 17.8. The van der Waals surface area contributed by atoms with Gasteiger partial charge in [0.15, 0.2) is 5.15 Å². The van der Waals surface area contributed by atoms with Crippen LogP contribution >= 0.6 is 11.6 Å². The number of benzene rings is 1. The van der Waals surface area contributed by atoms with E-state index < -0.39 is 5.97 Å². The molecule has 0 spiro atoms. The van der Waals surface area contributed by atoms with Gasteiger partial charge in [0.2, 0.25) is 0 Å². The smallest absolute Gasteiger partial charge is 0.307 e. The topological polar surface area (TPSA) is 67.2 Å². The Balaban J connectivity index is 1.94. The molecule has 2 unspecified atom stereocenters. The summed E-state index contributed by atoms with van der Waals surface area (Å²) in [5.41, 5.74) is 2.03. The van der Waals surface area contributed by atoms with Crippen molar-refractivity contribution in [2.75, 3.05) is 6.54 Å². The molecule has 0 amide bonds. The maximum atomic E-state index is 11.0. The van der Waals surface area contributed by atoms with Crippen molar-refractivity contribution in [2.45, 2.75) is 12.5 Å². The SMILES string of the molecule is Cn1nc(Cl)c2cc(C3CC(C(=O)O)CN3)ccc21. The lowest BCUT2D eigenvalue weighted by atomic mass is 9.99. The Morgan fingerprint density at radius 3 is 3.05 bits per heavy atom. The molecule has 0 bridgehead atoms. The molecule has 19 heavy (non-hydrogen) atoms. The van der Waals surface area contributed by atoms with Crippen LogP contribution in [0.1, 0.15) is 18.0 Å². The first-order chi connectivity index (χ1) is 9.06. The fourth-order valence-corrected chi connectivity index (χ4v) is 2.90. The minimum Gasteiger partial charge on any atom is -0.481 e. The number of aryl methyl sites for hydroxylation is 1. The molecule has 0 radical (unpaired) electrons. The number of aliphatic carboxylic acids is 1. The summed E-state index contributed by atoms with van der Waals surface area (Å²) in [5.74, 6) is -1.06. The van der Waals surface area contributed by atoms with Gasteiger partial charge in [0.25, 0.3) is 0 Å². The van der Waals surface area contributed by atoms with Gasteiger partial charge in [-0.05, 0) is 24.1 Å². The van der Waals surface area contributed by atoms with E-state index in [1.54, 1.807) is 4.68 Å². The van der Waals surface area contributed by atoms with E-state index in [-0.39, 0.29) is 12.0 Å². The highest BCUT2D eigenvalue weighted by Crippen LogP contribution is 2.31. The molecule has 2 heterocycles. The zero-order valence-corrected chi connectivity index (χ0v) is 11.2. The minimum absolute atomic E-state index is 0.0711. The third-order valence-corrected chi connectivity index (χ3v) is 3.99. The lowest BCUT2D eigenvalue weighted by Crippen LogP contribution is -2.17. The van der Waals surface area contributed by atoms with Crippen molar-refractivity contribution in [1.29, 1.82) is 0 Å². The first-order valence-corrected chi connectivity index (χ1v) is 6.52. The van der Waals surface area contributed by atoms with Crippen LogP contribution in [-0.4, -0.2) is 27.4 Å². The Bertz CT molecular complexity index is 653. The average Bonchev–Trinajstić information content (AvgIpc) is 2.96. The molecule has 0 saturated carbocycles. The monoisotopic (exact) mass is 279 g/mol. The van der Waals surface area contributed by atoms with Crippen molar-refractivity contribution in [1.82, 2.24) is 15.1 Å². The first kappa shape index (κ1) is 12.4. The zero-order chi connectivity index (χ0) is 13.6. The van der Waals surface area contributed by atoms with E-state index in [2.05, 4.69) is 10.4 Å². The largest absolute Gasteiger partial charge is 0.481 e. The molecule has 0 aliphatic carbocycles. The van der Waals surface area contributed by atoms with Gasteiger partial charge in [-0.25, -0.2) is 0 Å². The predicted molar refractivity (Wildman–Crippen MR) is 72.2 cm³/mol. The Hall–Kier alpha value is -1.59. The van der Waals surface area contributed by atoms with Crippen molar-refractivity contribution >= 4 is 28.5 Å². The van der Waals surface area contributed by atoms with E-state index >= 15 is 0 Å². The van der Waals surface area contributed by atoms with E-state index in [9.17, 15) is 4.79 Å². The number of nitrogens with one attached hydrogen (secondary N) is 1. The van der Waals surface area contributed by atoms with E-state index in [1.807, 2.05) is 25.2 Å². The molecule has 1 saturated heterocycles. The second kappa shape index (κ2) is 4.51. The molecule has 1 aliphatic rings. The van der Waals surface area contributed by atoms with E-state index in [4.69, 9.17) is 16.7 Å². The van der Waals surface area contributed by atoms with Crippen LogP contribution in [0.3, 0.4) is 0 Å². The quantitative estimate of drug-likeness (QED) is 0.882. The molecule has 1 aromatic heterocycles. The first-order valence-electron chi connectivity index (χ1n) is 6.14. The van der Waals surface area contributed by atoms with Gasteiger partial charge in [0.05, 0.1) is 11.4 Å². The highest BCUT2D eigenvalue weighted by molar-refractivity contribution is 6.34. The second-order valence-corrected chi connectivity index (χ2v) is 5.28. The van der Waals surface area contributed by atoms with Gasteiger partial charge in [-0.3, -0.25) is 9.48 Å². The predicted octanol–water partition coefficient (Wildman–Crippen LogP) is 1.96. The summed E-state index contributed by atoms with van der Waals surface area (Å²) in [7, 11) is 1.85. The number of hydrogen-bond acceptors (Lipinski definition) is 3. The van der Waals surface area contributed by atoms with Crippen molar-refractivity contribution in [3.05, 3.63) is 28.9 Å². The molecule has 2 atom stereocenters. The number of rotatable bonds is 2. The van der Waals surface area contributed by atoms with E-state index in [0.717, 1.165) is 16.5 Å². The third-order valence-electron chi connectivity index (χ3n) is 3.71. The lowest BCUT2D eigenvalue weighted by molar-refractivity contribution is -0.141. The van der Waals surface area contributed by atoms with Crippen LogP contribution in [0.15, 0.2) is 18.2 Å². The van der Waals surface area contributed by atoms with Gasteiger partial charge in [0.1, 0.15) is 0 Å². The van der Waals surface area contributed by atoms with Gasteiger partial charge in [0, 0.05) is 25.0 Å². The second-order valence-electron chi connectivity index (χ2n) is 4.92. The van der Waals surface area contributed by atoms with Crippen LogP contribution in [0.4, 0.5) is 0 Å². The molecule has 100 valence electrons. The number of halogens is 1. The highest BCUT2D eigenvalue weighted by Gasteiger charge is 2.30. The number of nitrogens with zero attached hydrogens (tertiary/aromatic N) is 2. The van der Waals surface area contributed by atoms with Crippen molar-refractivity contribution in [3.63, 3.8) is 0 Å². The van der Waals surface area contributed by atoms with Gasteiger partial charge in [-0.15, -0.1) is 0 Å². The Morgan fingerprint density at radius 1 is 1.58 bits per heavy atom. The standard InChI is InChI=1S/C13H14ClN3O2/c1-17-11-3-2-7(4-9(11)12(14)16-17)10-5-8(6-15-10)13(18)19/h2-4,8,10,15H,5-6H2,1H3,(H,18,19). The van der Waals surface area contributed by atoms with Gasteiger partial charge >= 0.3 is 5.97 Å². The van der Waals surface area contributed by atoms with Crippen LogP contribution in [0.2, 0.25) is 5.15 Å². The Morgan fingerprint density at radius 2 is 2.37 bits per heavy atom. The maximum absolute atomic E-state index is 11.0. The zero-order valence-electron chi connectivity index (χ0n) is 10.4. The summed E-state index contributed by atoms with van der Waals surface area (Å²) >= 11 is 6.09. The van der Waals surface area contributed by atoms with Crippen LogP contribution in [0.5, 0.6) is 0 Å². The van der Waals surface area contributed by atoms with Crippen molar-refractivity contribution < 1.29 is 9.90 Å². The van der Waals surface area contributed by atoms with Crippen molar-refractivity contribution in [3.8, 4) is 0 Å². The molecule has 2 aromatic rings. The van der Waals surface area contributed by atoms with E-state index in [0.29, 0.717) is 18.1 Å². The maximum Gasteiger partial charge on any atom is 0.307 e. The summed E-state index contributed by atoms with van der Waals surface area (Å²) in [6.07, 6.45) is 0.610. The summed E-state index contributed by atoms with van der Waals surface area (Å²) in [6, 6.07) is 6.04. The van der Waals surface area contributed by atoms with E-state index in [1.165, 1.54) is 0 Å². The van der Waals surface area contributed by atoms with Crippen molar-refractivity contribution in [2.24, 2.45) is 13.0 Å². The Labute approximate surface area is 115 Å². The molecule has 1 fully saturated rings. The van der Waals surface area contributed by atoms with Crippen LogP contribution in [-0.2, 0) is 11.8 Å².